The number of ketones is 1. The summed E-state index contributed by atoms with van der Waals surface area (Å²) in [4.78, 5) is 13.0. The van der Waals surface area contributed by atoms with E-state index in [1.54, 1.807) is 12.1 Å². The Morgan fingerprint density at radius 3 is 2.48 bits per heavy atom. The van der Waals surface area contributed by atoms with Gasteiger partial charge in [-0.05, 0) is 38.3 Å². The Balaban J connectivity index is 2.19. The molecule has 6 heteroatoms. The second-order valence-corrected chi connectivity index (χ2v) is 7.97. The van der Waals surface area contributed by atoms with E-state index in [9.17, 15) is 4.79 Å². The van der Waals surface area contributed by atoms with Crippen LogP contribution in [0.25, 0.3) is 0 Å². The Kier molecular flexibility index (Phi) is 7.12. The van der Waals surface area contributed by atoms with Crippen molar-refractivity contribution < 1.29 is 14.3 Å². The van der Waals surface area contributed by atoms with Crippen molar-refractivity contribution in [1.82, 2.24) is 0 Å². The van der Waals surface area contributed by atoms with E-state index < -0.39 is 0 Å². The van der Waals surface area contributed by atoms with Crippen LogP contribution in [0.15, 0.2) is 12.1 Å². The molecule has 0 radical (unpaired) electrons. The molecule has 2 rings (SSSR count). The van der Waals surface area contributed by atoms with Crippen LogP contribution in [0.5, 0.6) is 5.75 Å². The largest absolute Gasteiger partial charge is 0.454 e. The smallest absolute Gasteiger partial charge is 0.358 e. The van der Waals surface area contributed by atoms with Crippen LogP contribution in [0.3, 0.4) is 0 Å². The van der Waals surface area contributed by atoms with Crippen LogP contribution in [0.2, 0.25) is 10.0 Å². The highest BCUT2D eigenvalue weighted by molar-refractivity contribution is 7.79. The molecule has 1 aromatic carbocycles. The van der Waals surface area contributed by atoms with Crippen molar-refractivity contribution >= 4 is 46.4 Å². The lowest BCUT2D eigenvalue weighted by atomic mass is 9.71. The highest BCUT2D eigenvalue weighted by Crippen LogP contribution is 2.42. The van der Waals surface area contributed by atoms with Crippen LogP contribution in [0.1, 0.15) is 69.7 Å². The summed E-state index contributed by atoms with van der Waals surface area (Å²) in [6, 6.07) is 3.29. The van der Waals surface area contributed by atoms with Crippen molar-refractivity contribution in [1.29, 1.82) is 0 Å². The number of hydrogen-bond acceptors (Lipinski definition) is 4. The number of carbonyl (C=O) groups excluding carboxylic acids is 1. The van der Waals surface area contributed by atoms with E-state index in [-0.39, 0.29) is 32.6 Å². The number of thiocarbonyl (C=S) groups is 1. The maximum absolute atomic E-state index is 13.0. The molecule has 3 nitrogen and oxygen atoms in total. The number of Topliss-reactive ketones (excluding diaryl/α,β-unsaturated/α-hetero) is 1. The van der Waals surface area contributed by atoms with Crippen molar-refractivity contribution in [2.75, 3.05) is 0 Å². The van der Waals surface area contributed by atoms with Crippen LogP contribution < -0.4 is 4.74 Å². The third kappa shape index (κ3) is 4.87. The summed E-state index contributed by atoms with van der Waals surface area (Å²) in [6.07, 6.45) is 5.83. The van der Waals surface area contributed by atoms with Gasteiger partial charge in [0.05, 0.1) is 11.1 Å². The summed E-state index contributed by atoms with van der Waals surface area (Å²) >= 11 is 17.8. The van der Waals surface area contributed by atoms with E-state index in [1.165, 1.54) is 6.42 Å². The number of benzene rings is 1. The van der Waals surface area contributed by atoms with E-state index in [1.807, 2.05) is 20.8 Å². The Hall–Kier alpha value is -0.840. The van der Waals surface area contributed by atoms with Gasteiger partial charge in [0, 0.05) is 23.2 Å². The van der Waals surface area contributed by atoms with Crippen LogP contribution in [-0.2, 0) is 4.74 Å². The molecule has 1 unspecified atom stereocenters. The van der Waals surface area contributed by atoms with Crippen molar-refractivity contribution in [3.05, 3.63) is 27.7 Å². The van der Waals surface area contributed by atoms with Crippen molar-refractivity contribution in [3.8, 4) is 5.75 Å². The molecule has 1 aliphatic rings. The summed E-state index contributed by atoms with van der Waals surface area (Å²) in [5, 5.41) is 0.384. The Bertz CT molecular complexity index is 654. The molecule has 0 bridgehead atoms. The van der Waals surface area contributed by atoms with Gasteiger partial charge in [-0.3, -0.25) is 4.79 Å². The first-order chi connectivity index (χ1) is 11.8. The topological polar surface area (TPSA) is 35.5 Å². The first-order valence-corrected chi connectivity index (χ1v) is 9.86. The lowest BCUT2D eigenvalue weighted by molar-refractivity contribution is 0.0749. The maximum atomic E-state index is 13.0. The summed E-state index contributed by atoms with van der Waals surface area (Å²) in [5.41, 5.74) is 0.0694. The van der Waals surface area contributed by atoms with E-state index in [2.05, 4.69) is 0 Å². The van der Waals surface area contributed by atoms with E-state index in [0.717, 1.165) is 32.1 Å². The molecule has 0 aromatic heterocycles. The summed E-state index contributed by atoms with van der Waals surface area (Å²) in [7, 11) is 0. The summed E-state index contributed by atoms with van der Waals surface area (Å²) in [6.45, 7) is 5.90. The molecule has 0 aliphatic heterocycles. The molecule has 1 aromatic rings. The number of halogens is 2. The Labute approximate surface area is 165 Å². The van der Waals surface area contributed by atoms with Crippen LogP contribution in [0, 0.1) is 5.41 Å². The van der Waals surface area contributed by atoms with Gasteiger partial charge in [0.2, 0.25) is 0 Å². The van der Waals surface area contributed by atoms with Crippen LogP contribution in [0.4, 0.5) is 0 Å². The number of rotatable bonds is 5. The maximum Gasteiger partial charge on any atom is 0.358 e. The third-order valence-electron chi connectivity index (χ3n) is 4.86. The molecule has 25 heavy (non-hydrogen) atoms. The molecular weight excluding hydrogens is 379 g/mol. The third-order valence-corrected chi connectivity index (χ3v) is 5.91. The van der Waals surface area contributed by atoms with Gasteiger partial charge in [-0.2, -0.15) is 0 Å². The zero-order chi connectivity index (χ0) is 18.6. The number of carbonyl (C=O) groups is 1. The van der Waals surface area contributed by atoms with Gasteiger partial charge < -0.3 is 9.47 Å². The second-order valence-electron chi connectivity index (χ2n) is 6.88. The SMILES string of the molecule is CCC(C)OC(=S)Oc1ccc(C(=O)C2(C)CCCCC2)c(Cl)c1Cl. The quantitative estimate of drug-likeness (QED) is 0.409. The molecule has 138 valence electrons. The van der Waals surface area contributed by atoms with Crippen LogP contribution >= 0.6 is 35.4 Å². The van der Waals surface area contributed by atoms with E-state index >= 15 is 0 Å². The molecule has 0 amide bonds. The zero-order valence-electron chi connectivity index (χ0n) is 14.9. The highest BCUT2D eigenvalue weighted by atomic mass is 35.5. The van der Waals surface area contributed by atoms with Crippen molar-refractivity contribution in [3.63, 3.8) is 0 Å². The minimum atomic E-state index is -0.372. The van der Waals surface area contributed by atoms with Gasteiger partial charge in [-0.25, -0.2) is 0 Å². The predicted octanol–water partition coefficient (Wildman–Crippen LogP) is 6.63. The normalized spacial score (nSPS) is 17.6. The molecule has 1 fully saturated rings. The Morgan fingerprint density at radius 1 is 1.24 bits per heavy atom. The fourth-order valence-electron chi connectivity index (χ4n) is 3.03. The molecule has 1 saturated carbocycles. The fraction of sp³-hybridized carbons (Fsp3) is 0.579. The van der Waals surface area contributed by atoms with E-state index in [4.69, 9.17) is 44.9 Å². The lowest BCUT2D eigenvalue weighted by Gasteiger charge is -2.32. The van der Waals surface area contributed by atoms with Crippen molar-refractivity contribution in [2.45, 2.75) is 65.4 Å². The molecule has 0 N–H and O–H groups in total. The standard InChI is InChI=1S/C19H24Cl2O3S/c1-4-12(2)23-18(25)24-14-9-8-13(15(20)16(14)21)17(22)19(3)10-6-5-7-11-19/h8-9,12H,4-7,10-11H2,1-3H3. The first kappa shape index (κ1) is 20.5. The lowest BCUT2D eigenvalue weighted by Crippen LogP contribution is -2.30. The zero-order valence-corrected chi connectivity index (χ0v) is 17.2. The molecule has 0 heterocycles. The number of hydrogen-bond donors (Lipinski definition) is 0. The number of ether oxygens (including phenoxy) is 2. The van der Waals surface area contributed by atoms with Crippen molar-refractivity contribution in [2.24, 2.45) is 5.41 Å². The first-order valence-electron chi connectivity index (χ1n) is 8.69. The van der Waals surface area contributed by atoms with Crippen LogP contribution in [-0.4, -0.2) is 17.1 Å². The van der Waals surface area contributed by atoms with Gasteiger partial charge in [-0.15, -0.1) is 0 Å². The predicted molar refractivity (Wildman–Crippen MR) is 106 cm³/mol. The second kappa shape index (κ2) is 8.70. The molecular formula is C19H24Cl2O3S. The van der Waals surface area contributed by atoms with Gasteiger partial charge in [0.25, 0.3) is 0 Å². The monoisotopic (exact) mass is 402 g/mol. The highest BCUT2D eigenvalue weighted by Gasteiger charge is 2.36. The summed E-state index contributed by atoms with van der Waals surface area (Å²) < 4.78 is 10.9. The molecule has 0 spiro atoms. The fourth-order valence-corrected chi connectivity index (χ4v) is 3.73. The minimum absolute atomic E-state index is 0.00867. The van der Waals surface area contributed by atoms with Gasteiger partial charge in [0.1, 0.15) is 5.02 Å². The minimum Gasteiger partial charge on any atom is -0.454 e. The molecule has 1 atom stereocenters. The average molecular weight is 403 g/mol. The summed E-state index contributed by atoms with van der Waals surface area (Å²) in [5.74, 6) is 0.342. The molecule has 0 saturated heterocycles. The Morgan fingerprint density at radius 2 is 1.88 bits per heavy atom. The van der Waals surface area contributed by atoms with E-state index in [0.29, 0.717) is 11.3 Å². The van der Waals surface area contributed by atoms with Gasteiger partial charge >= 0.3 is 5.24 Å². The average Bonchev–Trinajstić information content (AvgIpc) is 2.59. The molecule has 1 aliphatic carbocycles. The van der Waals surface area contributed by atoms with Gasteiger partial charge in [0.15, 0.2) is 11.5 Å². The van der Waals surface area contributed by atoms with Gasteiger partial charge in [-0.1, -0.05) is 56.3 Å².